The second kappa shape index (κ2) is 14.6. The van der Waals surface area contributed by atoms with Crippen LogP contribution in [-0.2, 0) is 59.0 Å². The fourth-order valence-corrected chi connectivity index (χ4v) is 5.60. The Labute approximate surface area is 259 Å². The SMILES string of the molecule is CC(C)OC1(c2ccccc2)O[C@H]2O[C@H](COCc3ccccc3)[C@@H](OCc3ccccc3)[C@H](OCc3ccccc3)[C@H]2O1. The molecule has 0 saturated carbocycles. The molecule has 230 valence electrons. The molecule has 7 heteroatoms. The van der Waals surface area contributed by atoms with Crippen LogP contribution in [0.4, 0.5) is 0 Å². The predicted octanol–water partition coefficient (Wildman–Crippen LogP) is 6.75. The Balaban J connectivity index is 1.31. The Morgan fingerprint density at radius 2 is 1.11 bits per heavy atom. The standard InChI is InChI=1S/C37H40O7/c1-27(2)42-37(31-21-13-6-14-22-31)43-35-34(40-25-30-19-11-5-12-20-30)33(39-24-29-17-9-4-10-18-29)32(41-36(35)44-37)26-38-23-28-15-7-3-8-16-28/h3-22,27,32-36H,23-26H2,1-2H3/t32-,33-,34+,35-,36-,37?/m1/s1. The summed E-state index contributed by atoms with van der Waals surface area (Å²) in [7, 11) is 0. The molecule has 4 aromatic carbocycles. The van der Waals surface area contributed by atoms with Crippen LogP contribution in [0.2, 0.25) is 0 Å². The van der Waals surface area contributed by atoms with Gasteiger partial charge in [0.25, 0.3) is 0 Å². The van der Waals surface area contributed by atoms with E-state index in [2.05, 4.69) is 0 Å². The van der Waals surface area contributed by atoms with Crippen molar-refractivity contribution in [2.24, 2.45) is 0 Å². The van der Waals surface area contributed by atoms with E-state index in [1.807, 2.05) is 135 Å². The third kappa shape index (κ3) is 7.45. The van der Waals surface area contributed by atoms with E-state index >= 15 is 0 Å². The number of fused-ring (bicyclic) bond motifs is 1. The van der Waals surface area contributed by atoms with Gasteiger partial charge in [-0.15, -0.1) is 0 Å². The van der Waals surface area contributed by atoms with E-state index in [-0.39, 0.29) is 12.7 Å². The monoisotopic (exact) mass is 596 g/mol. The molecule has 2 heterocycles. The summed E-state index contributed by atoms with van der Waals surface area (Å²) in [5.74, 6) is -1.47. The first-order chi connectivity index (χ1) is 21.6. The Bertz CT molecular complexity index is 1400. The summed E-state index contributed by atoms with van der Waals surface area (Å²) in [6.45, 7) is 5.36. The van der Waals surface area contributed by atoms with E-state index < -0.39 is 36.7 Å². The fraction of sp³-hybridized carbons (Fsp3) is 0.351. The van der Waals surface area contributed by atoms with Crippen LogP contribution in [-0.4, -0.2) is 43.4 Å². The maximum atomic E-state index is 6.74. The van der Waals surface area contributed by atoms with Gasteiger partial charge in [-0.3, -0.25) is 4.74 Å². The minimum absolute atomic E-state index is 0.186. The highest BCUT2D eigenvalue weighted by molar-refractivity contribution is 5.20. The third-order valence-corrected chi connectivity index (χ3v) is 7.64. The summed E-state index contributed by atoms with van der Waals surface area (Å²) in [4.78, 5) is 0. The summed E-state index contributed by atoms with van der Waals surface area (Å²) in [6.07, 6.45) is -3.18. The Hall–Kier alpha value is -3.40. The largest absolute Gasteiger partial charge is 0.374 e. The average Bonchev–Trinajstić information content (AvgIpc) is 3.43. The van der Waals surface area contributed by atoms with Crippen molar-refractivity contribution in [1.82, 2.24) is 0 Å². The molecule has 0 amide bonds. The maximum Gasteiger partial charge on any atom is 0.315 e. The highest BCUT2D eigenvalue weighted by atomic mass is 16.9. The normalized spacial score (nSPS) is 26.5. The minimum atomic E-state index is -1.47. The summed E-state index contributed by atoms with van der Waals surface area (Å²) in [5, 5.41) is 0. The summed E-state index contributed by atoms with van der Waals surface area (Å²) in [5.41, 5.74) is 3.91. The van der Waals surface area contributed by atoms with Gasteiger partial charge in [0.2, 0.25) is 0 Å². The van der Waals surface area contributed by atoms with Gasteiger partial charge in [0.15, 0.2) is 6.29 Å². The van der Waals surface area contributed by atoms with Crippen LogP contribution in [0.1, 0.15) is 36.1 Å². The van der Waals surface area contributed by atoms with Crippen LogP contribution in [0.25, 0.3) is 0 Å². The topological polar surface area (TPSA) is 64.6 Å². The van der Waals surface area contributed by atoms with E-state index in [1.54, 1.807) is 0 Å². The number of hydrogen-bond acceptors (Lipinski definition) is 7. The lowest BCUT2D eigenvalue weighted by molar-refractivity contribution is -0.377. The fourth-order valence-electron chi connectivity index (χ4n) is 5.60. The van der Waals surface area contributed by atoms with Gasteiger partial charge in [-0.25, -0.2) is 0 Å². The van der Waals surface area contributed by atoms with Crippen molar-refractivity contribution >= 4 is 0 Å². The zero-order chi connectivity index (χ0) is 30.2. The highest BCUT2D eigenvalue weighted by Crippen LogP contribution is 2.45. The lowest BCUT2D eigenvalue weighted by atomic mass is 9.98. The van der Waals surface area contributed by atoms with E-state index in [1.165, 1.54) is 0 Å². The van der Waals surface area contributed by atoms with Gasteiger partial charge >= 0.3 is 5.97 Å². The molecule has 0 radical (unpaired) electrons. The Kier molecular flexibility index (Phi) is 10.2. The Morgan fingerprint density at radius 3 is 1.66 bits per heavy atom. The molecule has 4 aromatic rings. The first kappa shape index (κ1) is 30.6. The smallest absolute Gasteiger partial charge is 0.315 e. The molecule has 44 heavy (non-hydrogen) atoms. The molecule has 7 nitrogen and oxygen atoms in total. The van der Waals surface area contributed by atoms with Gasteiger partial charge in [0.1, 0.15) is 24.4 Å². The molecule has 0 aliphatic carbocycles. The Morgan fingerprint density at radius 1 is 0.614 bits per heavy atom. The van der Waals surface area contributed by atoms with Crippen LogP contribution in [0.5, 0.6) is 0 Å². The van der Waals surface area contributed by atoms with E-state index in [4.69, 9.17) is 33.2 Å². The van der Waals surface area contributed by atoms with Crippen LogP contribution in [0.3, 0.4) is 0 Å². The molecule has 0 N–H and O–H groups in total. The number of hydrogen-bond donors (Lipinski definition) is 0. The molecule has 6 atom stereocenters. The van der Waals surface area contributed by atoms with Crippen LogP contribution in [0, 0.1) is 0 Å². The second-order valence-corrected chi connectivity index (χ2v) is 11.4. The van der Waals surface area contributed by atoms with E-state index in [0.717, 1.165) is 22.3 Å². The predicted molar refractivity (Wildman–Crippen MR) is 165 cm³/mol. The van der Waals surface area contributed by atoms with E-state index in [9.17, 15) is 0 Å². The van der Waals surface area contributed by atoms with E-state index in [0.29, 0.717) is 19.8 Å². The van der Waals surface area contributed by atoms with Crippen LogP contribution in [0.15, 0.2) is 121 Å². The van der Waals surface area contributed by atoms with Gasteiger partial charge in [0, 0.05) is 5.56 Å². The number of benzene rings is 4. The van der Waals surface area contributed by atoms with Crippen molar-refractivity contribution in [3.05, 3.63) is 144 Å². The first-order valence-electron chi connectivity index (χ1n) is 15.3. The second-order valence-electron chi connectivity index (χ2n) is 11.4. The van der Waals surface area contributed by atoms with Gasteiger partial charge in [-0.1, -0.05) is 121 Å². The molecule has 1 unspecified atom stereocenters. The van der Waals surface area contributed by atoms with Crippen molar-refractivity contribution in [3.63, 3.8) is 0 Å². The quantitative estimate of drug-likeness (QED) is 0.169. The first-order valence-corrected chi connectivity index (χ1v) is 15.3. The summed E-state index contributed by atoms with van der Waals surface area (Å²) in [6, 6.07) is 39.9. The van der Waals surface area contributed by atoms with Crippen molar-refractivity contribution in [2.75, 3.05) is 6.61 Å². The molecular weight excluding hydrogens is 556 g/mol. The van der Waals surface area contributed by atoms with Crippen molar-refractivity contribution < 1.29 is 33.2 Å². The van der Waals surface area contributed by atoms with Crippen LogP contribution >= 0.6 is 0 Å². The van der Waals surface area contributed by atoms with Crippen molar-refractivity contribution in [2.45, 2.75) is 76.5 Å². The van der Waals surface area contributed by atoms with Gasteiger partial charge < -0.3 is 28.4 Å². The molecular formula is C37H40O7. The lowest BCUT2D eigenvalue weighted by Gasteiger charge is -2.42. The van der Waals surface area contributed by atoms with Gasteiger partial charge in [-0.2, -0.15) is 0 Å². The third-order valence-electron chi connectivity index (χ3n) is 7.64. The molecule has 0 aromatic heterocycles. The molecule has 6 rings (SSSR count). The van der Waals surface area contributed by atoms with Crippen molar-refractivity contribution in [3.8, 4) is 0 Å². The maximum absolute atomic E-state index is 6.74. The highest BCUT2D eigenvalue weighted by Gasteiger charge is 2.60. The molecule has 0 bridgehead atoms. The number of ether oxygens (including phenoxy) is 7. The molecule has 2 fully saturated rings. The average molecular weight is 597 g/mol. The van der Waals surface area contributed by atoms with Crippen LogP contribution < -0.4 is 0 Å². The molecule has 2 saturated heterocycles. The summed E-state index contributed by atoms with van der Waals surface area (Å²) >= 11 is 0. The van der Waals surface area contributed by atoms with Gasteiger partial charge in [0.05, 0.1) is 32.5 Å². The number of rotatable bonds is 13. The molecule has 0 spiro atoms. The summed E-state index contributed by atoms with van der Waals surface area (Å²) < 4.78 is 45.9. The zero-order valence-corrected chi connectivity index (χ0v) is 25.2. The molecule has 2 aliphatic rings. The van der Waals surface area contributed by atoms with Gasteiger partial charge in [-0.05, 0) is 30.5 Å². The minimum Gasteiger partial charge on any atom is -0.374 e. The van der Waals surface area contributed by atoms with Crippen molar-refractivity contribution in [1.29, 1.82) is 0 Å². The lowest BCUT2D eigenvalue weighted by Crippen LogP contribution is -2.59. The zero-order valence-electron chi connectivity index (χ0n) is 25.2. The molecule has 2 aliphatic heterocycles.